The maximum Gasteiger partial charge on any atom is 0.242 e. The lowest BCUT2D eigenvalue weighted by molar-refractivity contribution is -0.141. The number of methoxy groups -OCH3 is 1. The van der Waals surface area contributed by atoms with E-state index in [1.54, 1.807) is 30.3 Å². The molecule has 1 unspecified atom stereocenters. The van der Waals surface area contributed by atoms with Crippen molar-refractivity contribution in [2.75, 3.05) is 30.8 Å². The first kappa shape index (κ1) is 33.0. The van der Waals surface area contributed by atoms with E-state index in [1.807, 2.05) is 20.8 Å². The largest absolute Gasteiger partial charge is 0.495 e. The quantitative estimate of drug-likeness (QED) is 0.289. The molecule has 0 aliphatic carbocycles. The highest BCUT2D eigenvalue weighted by molar-refractivity contribution is 7.92. The fourth-order valence-electron chi connectivity index (χ4n) is 4.01. The van der Waals surface area contributed by atoms with E-state index in [4.69, 9.17) is 39.5 Å². The number of anilines is 1. The van der Waals surface area contributed by atoms with Crippen molar-refractivity contribution in [3.8, 4) is 5.75 Å². The van der Waals surface area contributed by atoms with E-state index in [0.717, 1.165) is 6.26 Å². The van der Waals surface area contributed by atoms with Gasteiger partial charge in [0, 0.05) is 41.7 Å². The summed E-state index contributed by atoms with van der Waals surface area (Å²) >= 11 is 19.0. The maximum atomic E-state index is 13.6. The Morgan fingerprint density at radius 3 is 2.21 bits per heavy atom. The van der Waals surface area contributed by atoms with Crippen molar-refractivity contribution in [1.29, 1.82) is 0 Å². The summed E-state index contributed by atoms with van der Waals surface area (Å²) in [5, 5.41) is 3.94. The molecule has 0 saturated heterocycles. The fraction of sp³-hybridized carbons (Fsp3) is 0.481. The zero-order valence-electron chi connectivity index (χ0n) is 22.8. The van der Waals surface area contributed by atoms with Crippen molar-refractivity contribution < 1.29 is 22.7 Å². The topological polar surface area (TPSA) is 96.0 Å². The highest BCUT2D eigenvalue weighted by Crippen LogP contribution is 2.31. The van der Waals surface area contributed by atoms with E-state index in [-0.39, 0.29) is 48.7 Å². The van der Waals surface area contributed by atoms with Gasteiger partial charge in [-0.2, -0.15) is 0 Å². The molecule has 0 heterocycles. The Bertz CT molecular complexity index is 1240. The Balaban J connectivity index is 2.29. The first-order valence-corrected chi connectivity index (χ1v) is 15.6. The third-order valence-corrected chi connectivity index (χ3v) is 8.23. The van der Waals surface area contributed by atoms with E-state index < -0.39 is 16.1 Å². The lowest BCUT2D eigenvalue weighted by atomic mass is 10.1. The Hall–Kier alpha value is -2.20. The van der Waals surface area contributed by atoms with E-state index in [1.165, 1.54) is 22.4 Å². The third kappa shape index (κ3) is 9.45. The molecule has 2 amide bonds. The van der Waals surface area contributed by atoms with Crippen LogP contribution in [0.3, 0.4) is 0 Å². The monoisotopic (exact) mass is 619 g/mol. The molecule has 39 heavy (non-hydrogen) atoms. The molecule has 0 fully saturated rings. The van der Waals surface area contributed by atoms with Gasteiger partial charge in [0.1, 0.15) is 11.8 Å². The van der Waals surface area contributed by atoms with Crippen molar-refractivity contribution in [3.63, 3.8) is 0 Å². The van der Waals surface area contributed by atoms with Gasteiger partial charge in [-0.05, 0) is 49.1 Å². The van der Waals surface area contributed by atoms with E-state index in [0.29, 0.717) is 40.0 Å². The van der Waals surface area contributed by atoms with Crippen LogP contribution in [0.25, 0.3) is 0 Å². The molecular formula is C27H36Cl3N3O5S. The first-order valence-electron chi connectivity index (χ1n) is 12.6. The van der Waals surface area contributed by atoms with Crippen molar-refractivity contribution in [2.45, 2.75) is 52.6 Å². The summed E-state index contributed by atoms with van der Waals surface area (Å²) in [5.41, 5.74) is 0.893. The van der Waals surface area contributed by atoms with E-state index in [2.05, 4.69) is 5.32 Å². The van der Waals surface area contributed by atoms with Crippen molar-refractivity contribution in [3.05, 3.63) is 57.0 Å². The second kappa shape index (κ2) is 15.0. The summed E-state index contributed by atoms with van der Waals surface area (Å²) in [6, 6.07) is 8.97. The Morgan fingerprint density at radius 2 is 1.69 bits per heavy atom. The zero-order valence-corrected chi connectivity index (χ0v) is 25.9. The van der Waals surface area contributed by atoms with Crippen LogP contribution in [0.15, 0.2) is 36.4 Å². The van der Waals surface area contributed by atoms with Gasteiger partial charge in [0.25, 0.3) is 0 Å². The molecule has 0 bridgehead atoms. The van der Waals surface area contributed by atoms with E-state index in [9.17, 15) is 18.0 Å². The smallest absolute Gasteiger partial charge is 0.242 e. The van der Waals surface area contributed by atoms with Crippen LogP contribution in [0.4, 0.5) is 5.69 Å². The predicted molar refractivity (Wildman–Crippen MR) is 158 cm³/mol. The summed E-state index contributed by atoms with van der Waals surface area (Å²) in [4.78, 5) is 28.1. The zero-order chi connectivity index (χ0) is 29.3. The molecule has 0 aliphatic rings. The first-order chi connectivity index (χ1) is 18.3. The number of rotatable bonds is 14. The van der Waals surface area contributed by atoms with Gasteiger partial charge in [-0.25, -0.2) is 8.42 Å². The molecule has 0 spiro atoms. The molecule has 2 rings (SSSR count). The van der Waals surface area contributed by atoms with Gasteiger partial charge in [0.2, 0.25) is 21.8 Å². The number of carbonyl (C=O) groups is 2. The molecule has 1 atom stereocenters. The third-order valence-electron chi connectivity index (χ3n) is 6.04. The lowest BCUT2D eigenvalue weighted by Gasteiger charge is -2.32. The second-order valence-electron chi connectivity index (χ2n) is 9.54. The van der Waals surface area contributed by atoms with E-state index >= 15 is 0 Å². The van der Waals surface area contributed by atoms with Crippen LogP contribution < -0.4 is 14.4 Å². The van der Waals surface area contributed by atoms with Gasteiger partial charge in [0.05, 0.1) is 24.1 Å². The number of sulfonamides is 1. The summed E-state index contributed by atoms with van der Waals surface area (Å²) in [5.74, 6) is 0.0634. The number of carbonyl (C=O) groups excluding carboxylic acids is 2. The van der Waals surface area contributed by atoms with Crippen LogP contribution in [0.1, 0.15) is 45.6 Å². The lowest BCUT2D eigenvalue weighted by Crippen LogP contribution is -2.49. The number of halogens is 3. The second-order valence-corrected chi connectivity index (χ2v) is 12.7. The molecule has 1 N–H and O–H groups in total. The highest BCUT2D eigenvalue weighted by Gasteiger charge is 2.30. The van der Waals surface area contributed by atoms with Gasteiger partial charge >= 0.3 is 0 Å². The van der Waals surface area contributed by atoms with Gasteiger partial charge in [-0.1, -0.05) is 61.6 Å². The highest BCUT2D eigenvalue weighted by atomic mass is 35.5. The number of nitrogens with zero attached hydrogens (tertiary/aromatic N) is 2. The normalized spacial score (nSPS) is 12.2. The van der Waals surface area contributed by atoms with Crippen LogP contribution in [-0.2, 0) is 26.2 Å². The van der Waals surface area contributed by atoms with Crippen LogP contribution in [0.5, 0.6) is 5.75 Å². The van der Waals surface area contributed by atoms with Crippen molar-refractivity contribution in [1.82, 2.24) is 10.2 Å². The number of amides is 2. The van der Waals surface area contributed by atoms with Crippen LogP contribution >= 0.6 is 34.8 Å². The fourth-order valence-corrected chi connectivity index (χ4v) is 5.74. The Morgan fingerprint density at radius 1 is 1.05 bits per heavy atom. The molecule has 12 heteroatoms. The van der Waals surface area contributed by atoms with Gasteiger partial charge in [-0.3, -0.25) is 13.9 Å². The van der Waals surface area contributed by atoms with Gasteiger partial charge in [0.15, 0.2) is 0 Å². The molecule has 2 aromatic rings. The minimum absolute atomic E-state index is 0.00800. The molecule has 0 saturated carbocycles. The summed E-state index contributed by atoms with van der Waals surface area (Å²) in [7, 11) is -2.20. The van der Waals surface area contributed by atoms with Gasteiger partial charge in [-0.15, -0.1) is 0 Å². The average Bonchev–Trinajstić information content (AvgIpc) is 2.86. The average molecular weight is 621 g/mol. The summed E-state index contributed by atoms with van der Waals surface area (Å²) in [6.45, 7) is 6.33. The minimum Gasteiger partial charge on any atom is -0.495 e. The van der Waals surface area contributed by atoms with Crippen LogP contribution in [-0.4, -0.2) is 57.6 Å². The molecule has 0 aliphatic heterocycles. The van der Waals surface area contributed by atoms with Crippen molar-refractivity contribution >= 4 is 62.3 Å². The Labute approximate surface area is 246 Å². The molecule has 0 radical (unpaired) electrons. The number of hydrogen-bond donors (Lipinski definition) is 1. The minimum atomic E-state index is -3.67. The standard InChI is InChI=1S/C27H36Cl3N3O5S/c1-6-24(27(35)31-16-18(2)3)32(17-20-21(28)9-7-10-22(20)29)26(34)11-8-14-33(39(5,36)37)19-12-13-25(38-4)23(30)15-19/h7,9-10,12-13,15,18,24H,6,8,11,14,16-17H2,1-5H3,(H,31,35). The number of benzene rings is 2. The number of hydrogen-bond acceptors (Lipinski definition) is 5. The number of ether oxygens (including phenoxy) is 1. The molecular weight excluding hydrogens is 585 g/mol. The molecule has 2 aromatic carbocycles. The maximum absolute atomic E-state index is 13.6. The summed E-state index contributed by atoms with van der Waals surface area (Å²) in [6.07, 6.45) is 1.65. The SMILES string of the molecule is CCC(C(=O)NCC(C)C)N(Cc1c(Cl)cccc1Cl)C(=O)CCCN(c1ccc(OC)c(Cl)c1)S(C)(=O)=O. The summed E-state index contributed by atoms with van der Waals surface area (Å²) < 4.78 is 31.5. The molecule has 0 aromatic heterocycles. The van der Waals surface area contributed by atoms with Gasteiger partial charge < -0.3 is 15.0 Å². The van der Waals surface area contributed by atoms with Crippen LogP contribution in [0, 0.1) is 5.92 Å². The van der Waals surface area contributed by atoms with Crippen molar-refractivity contribution in [2.24, 2.45) is 5.92 Å². The predicted octanol–water partition coefficient (Wildman–Crippen LogP) is 5.78. The molecule has 8 nitrogen and oxygen atoms in total. The Kier molecular flexibility index (Phi) is 12.7. The number of nitrogens with one attached hydrogen (secondary N) is 1. The molecule has 216 valence electrons. The van der Waals surface area contributed by atoms with Crippen LogP contribution in [0.2, 0.25) is 15.1 Å².